The summed E-state index contributed by atoms with van der Waals surface area (Å²) in [7, 11) is 0. The van der Waals surface area contributed by atoms with Crippen LogP contribution < -0.4 is 5.73 Å². The molecule has 0 aliphatic carbocycles. The van der Waals surface area contributed by atoms with Crippen molar-refractivity contribution < 1.29 is 23.4 Å². The molecule has 0 bridgehead atoms. The molecule has 1 rings (SSSR count). The Morgan fingerprint density at radius 3 is 2.47 bits per heavy atom. The van der Waals surface area contributed by atoms with Crippen molar-refractivity contribution in [3.8, 4) is 6.07 Å². The van der Waals surface area contributed by atoms with Gasteiger partial charge in [0.2, 0.25) is 5.95 Å². The number of anilines is 1. The lowest BCUT2D eigenvalue weighted by atomic mass is 10.0. The second-order valence-electron chi connectivity index (χ2n) is 3.05. The molecule has 0 amide bonds. The van der Waals surface area contributed by atoms with E-state index in [-0.39, 0.29) is 0 Å². The lowest BCUT2D eigenvalue weighted by Crippen LogP contribution is -2.22. The number of nitrogens with two attached hydrogens (primary N) is 1. The van der Waals surface area contributed by atoms with Crippen molar-refractivity contribution >= 4 is 5.95 Å². The summed E-state index contributed by atoms with van der Waals surface area (Å²) in [4.78, 5) is 6.22. The van der Waals surface area contributed by atoms with Crippen LogP contribution in [0.2, 0.25) is 0 Å². The third kappa shape index (κ3) is 2.80. The van der Waals surface area contributed by atoms with Crippen LogP contribution in [0.1, 0.15) is 17.4 Å². The summed E-state index contributed by atoms with van der Waals surface area (Å²) in [6, 6.07) is 1.21. The maximum atomic E-state index is 12.5. The third-order valence-electron chi connectivity index (χ3n) is 1.85. The number of nitrogens with zero attached hydrogens (tertiary/aromatic N) is 3. The van der Waals surface area contributed by atoms with Gasteiger partial charge in [-0.1, -0.05) is 0 Å². The van der Waals surface area contributed by atoms with E-state index in [0.29, 0.717) is 6.20 Å². The van der Waals surface area contributed by atoms with Crippen LogP contribution in [0.15, 0.2) is 6.20 Å². The molecule has 0 aliphatic rings. The van der Waals surface area contributed by atoms with Gasteiger partial charge < -0.3 is 15.9 Å². The first-order chi connectivity index (χ1) is 7.77. The Balaban J connectivity index is 3.30. The summed E-state index contributed by atoms with van der Waals surface area (Å²) in [5.41, 5.74) is 2.72. The van der Waals surface area contributed by atoms with Gasteiger partial charge in [0.05, 0.1) is 6.07 Å². The minimum Gasteiger partial charge on any atom is -0.384 e. The van der Waals surface area contributed by atoms with E-state index < -0.39 is 35.6 Å². The van der Waals surface area contributed by atoms with Gasteiger partial charge in [0.15, 0.2) is 11.8 Å². The molecule has 1 aromatic heterocycles. The number of hydrogen-bond acceptors (Lipinski definition) is 6. The highest BCUT2D eigenvalue weighted by molar-refractivity contribution is 5.30. The maximum absolute atomic E-state index is 12.5. The molecule has 0 aromatic carbocycles. The Morgan fingerprint density at radius 2 is 2.00 bits per heavy atom. The quantitative estimate of drug-likeness (QED) is 0.634. The molecule has 9 heteroatoms. The van der Waals surface area contributed by atoms with Gasteiger partial charge in [0.1, 0.15) is 6.10 Å². The first-order valence-electron chi connectivity index (χ1n) is 4.22. The molecule has 0 saturated carbocycles. The van der Waals surface area contributed by atoms with Crippen molar-refractivity contribution in [1.29, 1.82) is 5.26 Å². The summed E-state index contributed by atoms with van der Waals surface area (Å²) in [5, 5.41) is 26.6. The van der Waals surface area contributed by atoms with Gasteiger partial charge in [-0.25, -0.2) is 9.97 Å². The van der Waals surface area contributed by atoms with Gasteiger partial charge in [-0.15, -0.1) is 0 Å². The van der Waals surface area contributed by atoms with E-state index in [1.54, 1.807) is 0 Å². The zero-order chi connectivity index (χ0) is 13.2. The Morgan fingerprint density at radius 1 is 1.41 bits per heavy atom. The number of aromatic nitrogens is 2. The summed E-state index contributed by atoms with van der Waals surface area (Å²) in [6.45, 7) is 0. The van der Waals surface area contributed by atoms with Crippen LogP contribution in [0.4, 0.5) is 19.1 Å². The Kier molecular flexibility index (Phi) is 3.50. The predicted molar refractivity (Wildman–Crippen MR) is 48.0 cm³/mol. The molecular formula is C8H7F3N4O2. The van der Waals surface area contributed by atoms with Crippen LogP contribution in [-0.4, -0.2) is 26.3 Å². The number of aliphatic hydroxyl groups excluding tert-OH is 2. The summed E-state index contributed by atoms with van der Waals surface area (Å²) >= 11 is 0. The summed E-state index contributed by atoms with van der Waals surface area (Å²) < 4.78 is 37.6. The van der Waals surface area contributed by atoms with Crippen molar-refractivity contribution in [2.24, 2.45) is 0 Å². The van der Waals surface area contributed by atoms with Gasteiger partial charge in [-0.3, -0.25) is 0 Å². The fraction of sp³-hybridized carbons (Fsp3) is 0.375. The minimum atomic E-state index is -4.87. The van der Waals surface area contributed by atoms with Crippen LogP contribution in [0, 0.1) is 11.3 Å². The van der Waals surface area contributed by atoms with Crippen LogP contribution in [-0.2, 0) is 6.18 Å². The van der Waals surface area contributed by atoms with Gasteiger partial charge >= 0.3 is 6.18 Å². The Bertz CT molecular complexity index is 457. The molecule has 92 valence electrons. The molecule has 0 saturated heterocycles. The van der Waals surface area contributed by atoms with E-state index in [1.807, 2.05) is 0 Å². The molecule has 0 fully saturated rings. The first kappa shape index (κ1) is 13.1. The Labute approximate surface area is 93.1 Å². The lowest BCUT2D eigenvalue weighted by molar-refractivity contribution is -0.143. The zero-order valence-electron chi connectivity index (χ0n) is 8.18. The fourth-order valence-electron chi connectivity index (χ4n) is 1.09. The molecule has 6 nitrogen and oxygen atoms in total. The second-order valence-corrected chi connectivity index (χ2v) is 3.05. The summed E-state index contributed by atoms with van der Waals surface area (Å²) in [6.07, 6.45) is -8.32. The van der Waals surface area contributed by atoms with Crippen LogP contribution in [0.25, 0.3) is 0 Å². The van der Waals surface area contributed by atoms with E-state index in [9.17, 15) is 18.3 Å². The number of aliphatic hydroxyl groups is 2. The smallest absolute Gasteiger partial charge is 0.384 e. The molecule has 1 aromatic rings. The molecule has 0 spiro atoms. The van der Waals surface area contributed by atoms with Gasteiger partial charge in [0, 0.05) is 11.8 Å². The van der Waals surface area contributed by atoms with Crippen molar-refractivity contribution in [2.45, 2.75) is 18.4 Å². The normalized spacial score (nSPS) is 15.1. The van der Waals surface area contributed by atoms with E-state index >= 15 is 0 Å². The molecule has 2 unspecified atom stereocenters. The monoisotopic (exact) mass is 248 g/mol. The largest absolute Gasteiger partial charge is 0.433 e. The number of alkyl halides is 3. The molecular weight excluding hydrogens is 241 g/mol. The second kappa shape index (κ2) is 4.52. The van der Waals surface area contributed by atoms with Crippen molar-refractivity contribution in [3.63, 3.8) is 0 Å². The Hall–Kier alpha value is -1.92. The first-order valence-corrected chi connectivity index (χ1v) is 4.22. The topological polar surface area (TPSA) is 116 Å². The SMILES string of the molecule is N#CC(O)C(O)c1cnc(N)nc1C(F)(F)F. The summed E-state index contributed by atoms with van der Waals surface area (Å²) in [5.74, 6) is -0.625. The van der Waals surface area contributed by atoms with Crippen LogP contribution >= 0.6 is 0 Å². The standard InChI is InChI=1S/C8H7F3N4O2/c9-8(10,11)6-3(2-14-7(13)15-6)5(17)4(16)1-12/h2,4-5,16-17H,(H2,13,14,15). The van der Waals surface area contributed by atoms with Crippen LogP contribution in [0.5, 0.6) is 0 Å². The molecule has 0 aliphatic heterocycles. The molecule has 1 heterocycles. The van der Waals surface area contributed by atoms with E-state index in [2.05, 4.69) is 9.97 Å². The zero-order valence-corrected chi connectivity index (χ0v) is 8.18. The van der Waals surface area contributed by atoms with Gasteiger partial charge in [-0.05, 0) is 0 Å². The average molecular weight is 248 g/mol. The lowest BCUT2D eigenvalue weighted by Gasteiger charge is -2.16. The number of nitrogen functional groups attached to an aromatic ring is 1. The number of hydrogen-bond donors (Lipinski definition) is 3. The fourth-order valence-corrected chi connectivity index (χ4v) is 1.09. The maximum Gasteiger partial charge on any atom is 0.433 e. The highest BCUT2D eigenvalue weighted by Crippen LogP contribution is 2.33. The van der Waals surface area contributed by atoms with E-state index in [1.165, 1.54) is 6.07 Å². The highest BCUT2D eigenvalue weighted by atomic mass is 19.4. The van der Waals surface area contributed by atoms with E-state index in [4.69, 9.17) is 16.1 Å². The molecule has 2 atom stereocenters. The number of nitriles is 1. The third-order valence-corrected chi connectivity index (χ3v) is 1.85. The minimum absolute atomic E-state index is 0.621. The van der Waals surface area contributed by atoms with Crippen LogP contribution in [0.3, 0.4) is 0 Å². The predicted octanol–water partition coefficient (Wildman–Crippen LogP) is -0.00452. The number of halogens is 3. The van der Waals surface area contributed by atoms with E-state index in [0.717, 1.165) is 0 Å². The average Bonchev–Trinajstić information content (AvgIpc) is 2.25. The molecule has 0 radical (unpaired) electrons. The molecule has 17 heavy (non-hydrogen) atoms. The van der Waals surface area contributed by atoms with Crippen molar-refractivity contribution in [2.75, 3.05) is 5.73 Å². The van der Waals surface area contributed by atoms with Crippen molar-refractivity contribution in [1.82, 2.24) is 9.97 Å². The van der Waals surface area contributed by atoms with Gasteiger partial charge in [0.25, 0.3) is 0 Å². The highest BCUT2D eigenvalue weighted by Gasteiger charge is 2.39. The van der Waals surface area contributed by atoms with Crippen molar-refractivity contribution in [3.05, 3.63) is 17.5 Å². The molecule has 4 N–H and O–H groups in total. The van der Waals surface area contributed by atoms with Gasteiger partial charge in [-0.2, -0.15) is 18.4 Å². The number of rotatable bonds is 2.